The zero-order chi connectivity index (χ0) is 27.7. The minimum absolute atomic E-state index is 0.0374. The van der Waals surface area contributed by atoms with Gasteiger partial charge in [0.05, 0.1) is 18.4 Å². The molecule has 8 nitrogen and oxygen atoms in total. The van der Waals surface area contributed by atoms with E-state index in [1.54, 1.807) is 22.5 Å². The van der Waals surface area contributed by atoms with E-state index in [0.717, 1.165) is 18.2 Å². The number of aromatic nitrogens is 3. The summed E-state index contributed by atoms with van der Waals surface area (Å²) in [6.45, 7) is 0.545. The van der Waals surface area contributed by atoms with Gasteiger partial charge in [-0.3, -0.25) is 14.1 Å². The Balaban J connectivity index is 1.50. The van der Waals surface area contributed by atoms with Crippen LogP contribution in [0.1, 0.15) is 23.2 Å². The Morgan fingerprint density at radius 2 is 1.90 bits per heavy atom. The molecule has 1 N–H and O–H groups in total. The molecule has 4 aromatic rings. The summed E-state index contributed by atoms with van der Waals surface area (Å²) in [5.41, 5.74) is 0.156. The van der Waals surface area contributed by atoms with Crippen molar-refractivity contribution in [1.82, 2.24) is 19.1 Å². The third-order valence-electron chi connectivity index (χ3n) is 6.29. The van der Waals surface area contributed by atoms with E-state index in [2.05, 4.69) is 14.9 Å². The van der Waals surface area contributed by atoms with Crippen LogP contribution in [-0.2, 0) is 24.1 Å². The van der Waals surface area contributed by atoms with Crippen LogP contribution in [0.4, 0.5) is 23.4 Å². The fraction of sp³-hybridized carbons (Fsp3) is 0.192. The molecular formula is C26H21F4N5O3S. The van der Waals surface area contributed by atoms with E-state index >= 15 is 4.39 Å². The van der Waals surface area contributed by atoms with Gasteiger partial charge in [0, 0.05) is 49.1 Å². The van der Waals surface area contributed by atoms with Crippen LogP contribution in [0.5, 0.6) is 5.75 Å². The summed E-state index contributed by atoms with van der Waals surface area (Å²) in [4.78, 5) is 13.0. The van der Waals surface area contributed by atoms with Gasteiger partial charge in [-0.1, -0.05) is 12.1 Å². The lowest BCUT2D eigenvalue weighted by atomic mass is 10.0. The Bertz CT molecular complexity index is 1620. The zero-order valence-corrected chi connectivity index (χ0v) is 21.2. The highest BCUT2D eigenvalue weighted by atomic mass is 32.2. The first kappa shape index (κ1) is 26.5. The highest BCUT2D eigenvalue weighted by Gasteiger charge is 2.26. The molecule has 0 radical (unpaired) electrons. The molecule has 0 saturated carbocycles. The van der Waals surface area contributed by atoms with E-state index < -0.39 is 40.4 Å². The van der Waals surface area contributed by atoms with E-state index in [9.17, 15) is 22.2 Å². The summed E-state index contributed by atoms with van der Waals surface area (Å²) in [5, 5.41) is 7.61. The molecule has 13 heteroatoms. The number of nitrogens with zero attached hydrogens (tertiary/aromatic N) is 4. The summed E-state index contributed by atoms with van der Waals surface area (Å²) in [7, 11) is 1.34. The van der Waals surface area contributed by atoms with Crippen LogP contribution in [0.15, 0.2) is 65.6 Å². The number of halogens is 4. The largest absolute Gasteiger partial charge is 0.495 e. The van der Waals surface area contributed by atoms with Crippen molar-refractivity contribution in [2.24, 2.45) is 0 Å². The molecule has 39 heavy (non-hydrogen) atoms. The molecule has 1 aliphatic heterocycles. The molecule has 1 atom stereocenters. The number of benzene rings is 2. The van der Waals surface area contributed by atoms with Crippen molar-refractivity contribution in [2.75, 3.05) is 18.4 Å². The maximum absolute atomic E-state index is 15.4. The van der Waals surface area contributed by atoms with Gasteiger partial charge in [0.1, 0.15) is 17.4 Å². The maximum atomic E-state index is 15.4. The predicted molar refractivity (Wildman–Crippen MR) is 137 cm³/mol. The van der Waals surface area contributed by atoms with Crippen molar-refractivity contribution >= 4 is 17.0 Å². The maximum Gasteiger partial charge on any atom is 0.266 e. The van der Waals surface area contributed by atoms with Gasteiger partial charge in [-0.25, -0.2) is 26.1 Å². The normalized spacial score (nSPS) is 14.2. The fourth-order valence-electron chi connectivity index (χ4n) is 4.42. The van der Waals surface area contributed by atoms with Gasteiger partial charge >= 0.3 is 0 Å². The van der Waals surface area contributed by atoms with E-state index in [1.807, 2.05) is 0 Å². The van der Waals surface area contributed by atoms with Crippen LogP contribution in [0.25, 0.3) is 16.8 Å². The second-order valence-corrected chi connectivity index (χ2v) is 9.81. The molecule has 0 amide bonds. The number of alkyl halides is 2. The average molecular weight is 560 g/mol. The zero-order valence-electron chi connectivity index (χ0n) is 20.4. The summed E-state index contributed by atoms with van der Waals surface area (Å²) < 4.78 is 79.5. The van der Waals surface area contributed by atoms with Gasteiger partial charge in [0.15, 0.2) is 17.0 Å². The van der Waals surface area contributed by atoms with Crippen LogP contribution in [0, 0.1) is 11.6 Å². The van der Waals surface area contributed by atoms with E-state index in [1.165, 1.54) is 36.1 Å². The van der Waals surface area contributed by atoms with Crippen molar-refractivity contribution in [3.8, 4) is 22.6 Å². The molecule has 0 saturated heterocycles. The van der Waals surface area contributed by atoms with Gasteiger partial charge in [-0.2, -0.15) is 5.10 Å². The molecule has 3 heterocycles. The Kier molecular flexibility index (Phi) is 7.44. The van der Waals surface area contributed by atoms with Crippen LogP contribution in [0.2, 0.25) is 0 Å². The summed E-state index contributed by atoms with van der Waals surface area (Å²) in [6, 6.07) is 11.6. The van der Waals surface area contributed by atoms with E-state index in [4.69, 9.17) is 4.74 Å². The van der Waals surface area contributed by atoms with Crippen LogP contribution >= 0.6 is 0 Å². The second kappa shape index (κ2) is 10.9. The van der Waals surface area contributed by atoms with Crippen molar-refractivity contribution < 1.29 is 26.5 Å². The van der Waals surface area contributed by atoms with Gasteiger partial charge in [0.2, 0.25) is 0 Å². The SMILES string of the molecule is COc1cc(-c2ccc(C(F)F)c(F)c2)c(F)cc1-n1c2c(ccc1=O)CN(S(=O)Nc1cccnn1)CC2. The number of hydrogen-bond acceptors (Lipinski definition) is 5. The Labute approximate surface area is 222 Å². The summed E-state index contributed by atoms with van der Waals surface area (Å²) in [6.07, 6.45) is -1.20. The Morgan fingerprint density at radius 3 is 2.59 bits per heavy atom. The van der Waals surface area contributed by atoms with Gasteiger partial charge in [-0.15, -0.1) is 5.10 Å². The third kappa shape index (κ3) is 5.27. The molecular weight excluding hydrogens is 538 g/mol. The second-order valence-electron chi connectivity index (χ2n) is 8.59. The minimum Gasteiger partial charge on any atom is -0.495 e. The molecule has 2 aromatic heterocycles. The monoisotopic (exact) mass is 559 g/mol. The van der Waals surface area contributed by atoms with Crippen molar-refractivity contribution in [3.05, 3.63) is 99.6 Å². The molecule has 0 bridgehead atoms. The van der Waals surface area contributed by atoms with Gasteiger partial charge < -0.3 is 4.74 Å². The highest BCUT2D eigenvalue weighted by Crippen LogP contribution is 2.35. The molecule has 202 valence electrons. The number of methoxy groups -OCH3 is 1. The standard InChI is InChI=1S/C26H21F4N5O3S/c1-38-23-12-18(15-4-6-17(26(29)30)19(27)11-15)20(28)13-22(23)35-21-8-10-34(14-16(21)5-7-25(35)36)39(37)33-24-3-2-9-31-32-24/h2-7,9,11-13,26H,8,10,14H2,1H3,(H,32,33). The third-order valence-corrected chi connectivity index (χ3v) is 7.45. The lowest BCUT2D eigenvalue weighted by molar-refractivity contribution is 0.146. The van der Waals surface area contributed by atoms with Crippen molar-refractivity contribution in [2.45, 2.75) is 19.4 Å². The summed E-state index contributed by atoms with van der Waals surface area (Å²) in [5.74, 6) is -1.49. The quantitative estimate of drug-likeness (QED) is 0.335. The van der Waals surface area contributed by atoms with Crippen molar-refractivity contribution in [1.29, 1.82) is 0 Å². The molecule has 1 aliphatic rings. The highest BCUT2D eigenvalue weighted by molar-refractivity contribution is 7.84. The topological polar surface area (TPSA) is 89.4 Å². The van der Waals surface area contributed by atoms with Crippen LogP contribution in [0.3, 0.4) is 0 Å². The van der Waals surface area contributed by atoms with Gasteiger partial charge in [-0.05, 0) is 41.5 Å². The number of pyridine rings is 1. The number of anilines is 1. The van der Waals surface area contributed by atoms with Crippen LogP contribution in [-0.4, -0.2) is 36.9 Å². The number of hydrogen-bond donors (Lipinski definition) is 1. The number of nitrogens with one attached hydrogen (secondary N) is 1. The van der Waals surface area contributed by atoms with Crippen molar-refractivity contribution in [3.63, 3.8) is 0 Å². The smallest absolute Gasteiger partial charge is 0.266 e. The number of rotatable bonds is 7. The average Bonchev–Trinajstić information content (AvgIpc) is 2.93. The van der Waals surface area contributed by atoms with E-state index in [0.29, 0.717) is 30.0 Å². The first-order valence-electron chi connectivity index (χ1n) is 11.7. The fourth-order valence-corrected chi connectivity index (χ4v) is 5.36. The van der Waals surface area contributed by atoms with Gasteiger partial charge in [0.25, 0.3) is 12.0 Å². The van der Waals surface area contributed by atoms with E-state index in [-0.39, 0.29) is 29.1 Å². The minimum atomic E-state index is -3.01. The first-order chi connectivity index (χ1) is 18.8. The Hall–Kier alpha value is -4.10. The molecule has 0 fully saturated rings. The first-order valence-corrected chi connectivity index (χ1v) is 12.8. The summed E-state index contributed by atoms with van der Waals surface area (Å²) >= 11 is -1.63. The lowest BCUT2D eigenvalue weighted by Gasteiger charge is -2.29. The predicted octanol–water partition coefficient (Wildman–Crippen LogP) is 4.57. The number of ether oxygens (including phenoxy) is 1. The van der Waals surface area contributed by atoms with Crippen LogP contribution < -0.4 is 15.0 Å². The molecule has 0 spiro atoms. The molecule has 1 unspecified atom stereocenters. The number of fused-ring (bicyclic) bond motifs is 1. The molecule has 0 aliphatic carbocycles. The lowest BCUT2D eigenvalue weighted by Crippen LogP contribution is -2.38. The molecule has 2 aromatic carbocycles. The molecule has 5 rings (SSSR count). The Morgan fingerprint density at radius 1 is 1.08 bits per heavy atom.